The normalized spacial score (nSPS) is 11.4. The zero-order valence-corrected chi connectivity index (χ0v) is 16.7. The second-order valence-electron chi connectivity index (χ2n) is 7.06. The summed E-state index contributed by atoms with van der Waals surface area (Å²) in [5.74, 6) is -0.346. The van der Waals surface area contributed by atoms with Crippen LogP contribution in [-0.4, -0.2) is 30.5 Å². The number of benzene rings is 1. The second-order valence-corrected chi connectivity index (χ2v) is 7.06. The SMILES string of the molecule is Cc1nn(C)cc1NC(=O)Cn1nc(C)c2c(C(F)F)cc(-c3ccccc3)nc21. The van der Waals surface area contributed by atoms with Crippen molar-refractivity contribution in [3.8, 4) is 11.3 Å². The molecule has 1 aromatic carbocycles. The molecule has 0 aliphatic carbocycles. The van der Waals surface area contributed by atoms with Gasteiger partial charge in [-0.05, 0) is 19.9 Å². The van der Waals surface area contributed by atoms with Crippen LogP contribution in [0.3, 0.4) is 0 Å². The van der Waals surface area contributed by atoms with Crippen molar-refractivity contribution in [3.05, 3.63) is 59.5 Å². The first kappa shape index (κ1) is 19.7. The second kappa shape index (κ2) is 7.66. The zero-order valence-electron chi connectivity index (χ0n) is 16.7. The van der Waals surface area contributed by atoms with Crippen LogP contribution >= 0.6 is 0 Å². The number of hydrogen-bond donors (Lipinski definition) is 1. The zero-order chi connectivity index (χ0) is 21.4. The van der Waals surface area contributed by atoms with Crippen LogP contribution in [0.4, 0.5) is 14.5 Å². The fraction of sp³-hybridized carbons (Fsp3) is 0.238. The van der Waals surface area contributed by atoms with Gasteiger partial charge in [0.25, 0.3) is 6.43 Å². The van der Waals surface area contributed by atoms with E-state index in [0.717, 1.165) is 0 Å². The predicted octanol–water partition coefficient (Wildman–Crippen LogP) is 4.02. The number of aryl methyl sites for hydroxylation is 3. The minimum atomic E-state index is -2.69. The van der Waals surface area contributed by atoms with Crippen LogP contribution in [0.1, 0.15) is 23.4 Å². The quantitative estimate of drug-likeness (QED) is 0.539. The summed E-state index contributed by atoms with van der Waals surface area (Å²) in [6.07, 6.45) is -0.999. The van der Waals surface area contributed by atoms with E-state index < -0.39 is 6.43 Å². The van der Waals surface area contributed by atoms with Gasteiger partial charge in [-0.2, -0.15) is 10.2 Å². The molecule has 0 bridgehead atoms. The summed E-state index contributed by atoms with van der Waals surface area (Å²) < 4.78 is 30.6. The van der Waals surface area contributed by atoms with Crippen molar-refractivity contribution in [2.75, 3.05) is 5.32 Å². The highest BCUT2D eigenvalue weighted by molar-refractivity contribution is 5.92. The van der Waals surface area contributed by atoms with E-state index in [1.807, 2.05) is 18.2 Å². The number of amides is 1. The molecule has 0 aliphatic heterocycles. The molecule has 0 spiro atoms. The van der Waals surface area contributed by atoms with Crippen LogP contribution < -0.4 is 5.32 Å². The summed E-state index contributed by atoms with van der Waals surface area (Å²) in [4.78, 5) is 17.1. The van der Waals surface area contributed by atoms with Gasteiger partial charge in [-0.3, -0.25) is 9.48 Å². The van der Waals surface area contributed by atoms with Crippen LogP contribution in [0.15, 0.2) is 42.6 Å². The first-order valence-electron chi connectivity index (χ1n) is 9.35. The molecule has 0 fully saturated rings. The number of rotatable bonds is 5. The largest absolute Gasteiger partial charge is 0.322 e. The van der Waals surface area contributed by atoms with Crippen LogP contribution in [-0.2, 0) is 18.4 Å². The number of nitrogens with one attached hydrogen (secondary N) is 1. The van der Waals surface area contributed by atoms with Crippen molar-refractivity contribution in [2.45, 2.75) is 26.8 Å². The molecule has 0 saturated heterocycles. The molecule has 1 N–H and O–H groups in total. The predicted molar refractivity (Wildman–Crippen MR) is 109 cm³/mol. The molecule has 4 aromatic rings. The standard InChI is InChI=1S/C21H20F2N6O/c1-12-17(10-28(3)26-12)24-18(30)11-29-21-19(13(2)27-29)15(20(22)23)9-16(25-21)14-7-5-4-6-8-14/h4-10,20H,11H2,1-3H3,(H,24,30). The third-order valence-electron chi connectivity index (χ3n) is 4.79. The number of nitrogens with zero attached hydrogens (tertiary/aromatic N) is 5. The molecule has 9 heteroatoms. The van der Waals surface area contributed by atoms with Crippen LogP contribution in [0.25, 0.3) is 22.3 Å². The number of hydrogen-bond acceptors (Lipinski definition) is 4. The molecule has 30 heavy (non-hydrogen) atoms. The molecular formula is C21H20F2N6O. The summed E-state index contributed by atoms with van der Waals surface area (Å²) in [5, 5.41) is 11.6. The van der Waals surface area contributed by atoms with Gasteiger partial charge in [0.2, 0.25) is 5.91 Å². The van der Waals surface area contributed by atoms with E-state index in [-0.39, 0.29) is 29.0 Å². The van der Waals surface area contributed by atoms with Crippen molar-refractivity contribution in [1.29, 1.82) is 0 Å². The molecule has 0 aliphatic rings. The first-order chi connectivity index (χ1) is 14.3. The molecule has 7 nitrogen and oxygen atoms in total. The van der Waals surface area contributed by atoms with Gasteiger partial charge in [0.1, 0.15) is 6.54 Å². The molecule has 4 rings (SSSR count). The molecule has 154 valence electrons. The summed E-state index contributed by atoms with van der Waals surface area (Å²) in [7, 11) is 1.76. The smallest absolute Gasteiger partial charge is 0.264 e. The summed E-state index contributed by atoms with van der Waals surface area (Å²) >= 11 is 0. The Kier molecular flexibility index (Phi) is 5.03. The van der Waals surface area contributed by atoms with Gasteiger partial charge in [0.05, 0.1) is 28.2 Å². The Hall–Kier alpha value is -3.62. The third kappa shape index (κ3) is 3.66. The minimum Gasteiger partial charge on any atom is -0.322 e. The van der Waals surface area contributed by atoms with Gasteiger partial charge in [0.15, 0.2) is 5.65 Å². The van der Waals surface area contributed by atoms with E-state index in [2.05, 4.69) is 20.5 Å². The van der Waals surface area contributed by atoms with Gasteiger partial charge in [-0.1, -0.05) is 30.3 Å². The molecule has 0 unspecified atom stereocenters. The van der Waals surface area contributed by atoms with Crippen LogP contribution in [0.5, 0.6) is 0 Å². The Morgan fingerprint density at radius 1 is 1.13 bits per heavy atom. The molecule has 3 heterocycles. The Bertz CT molecular complexity index is 1230. The molecular weight excluding hydrogens is 390 g/mol. The van der Waals surface area contributed by atoms with Gasteiger partial charge in [0, 0.05) is 24.4 Å². The number of carbonyl (C=O) groups is 1. The highest BCUT2D eigenvalue weighted by Crippen LogP contribution is 2.33. The van der Waals surface area contributed by atoms with Crippen molar-refractivity contribution in [2.24, 2.45) is 7.05 Å². The molecule has 0 saturated carbocycles. The van der Waals surface area contributed by atoms with Crippen LogP contribution in [0, 0.1) is 13.8 Å². The topological polar surface area (TPSA) is 77.6 Å². The fourth-order valence-corrected chi connectivity index (χ4v) is 3.47. The number of anilines is 1. The van der Waals surface area contributed by atoms with Gasteiger partial charge < -0.3 is 5.32 Å². The lowest BCUT2D eigenvalue weighted by atomic mass is 10.1. The van der Waals surface area contributed by atoms with Crippen molar-refractivity contribution in [3.63, 3.8) is 0 Å². The summed E-state index contributed by atoms with van der Waals surface area (Å²) in [6.45, 7) is 3.26. The van der Waals surface area contributed by atoms with Gasteiger partial charge >= 0.3 is 0 Å². The number of aromatic nitrogens is 5. The third-order valence-corrected chi connectivity index (χ3v) is 4.79. The first-order valence-corrected chi connectivity index (χ1v) is 9.35. The van der Waals surface area contributed by atoms with E-state index in [9.17, 15) is 13.6 Å². The lowest BCUT2D eigenvalue weighted by Gasteiger charge is -2.09. The monoisotopic (exact) mass is 410 g/mol. The van der Waals surface area contributed by atoms with E-state index in [1.165, 1.54) is 10.7 Å². The number of carbonyl (C=O) groups excluding carboxylic acids is 1. The number of pyridine rings is 1. The highest BCUT2D eigenvalue weighted by Gasteiger charge is 2.22. The van der Waals surface area contributed by atoms with Gasteiger partial charge in [-0.25, -0.2) is 18.4 Å². The lowest BCUT2D eigenvalue weighted by Crippen LogP contribution is -2.20. The van der Waals surface area contributed by atoms with Crippen molar-refractivity contribution in [1.82, 2.24) is 24.5 Å². The van der Waals surface area contributed by atoms with E-state index in [4.69, 9.17) is 0 Å². The van der Waals surface area contributed by atoms with Crippen molar-refractivity contribution < 1.29 is 13.6 Å². The highest BCUT2D eigenvalue weighted by atomic mass is 19.3. The average molecular weight is 410 g/mol. The molecule has 0 radical (unpaired) electrons. The maximum Gasteiger partial charge on any atom is 0.264 e. The Balaban J connectivity index is 1.75. The lowest BCUT2D eigenvalue weighted by molar-refractivity contribution is -0.116. The Morgan fingerprint density at radius 2 is 1.87 bits per heavy atom. The Labute approximate surface area is 171 Å². The minimum absolute atomic E-state index is 0.147. The summed E-state index contributed by atoms with van der Waals surface area (Å²) in [5.41, 5.74) is 2.88. The van der Waals surface area contributed by atoms with E-state index in [0.29, 0.717) is 28.3 Å². The maximum atomic E-state index is 13.8. The van der Waals surface area contributed by atoms with Crippen molar-refractivity contribution >= 4 is 22.6 Å². The number of fused-ring (bicyclic) bond motifs is 1. The fourth-order valence-electron chi connectivity index (χ4n) is 3.47. The molecule has 3 aromatic heterocycles. The van der Waals surface area contributed by atoms with E-state index >= 15 is 0 Å². The van der Waals surface area contributed by atoms with E-state index in [1.54, 1.807) is 43.9 Å². The molecule has 1 amide bonds. The van der Waals surface area contributed by atoms with Gasteiger partial charge in [-0.15, -0.1) is 0 Å². The Morgan fingerprint density at radius 3 is 2.50 bits per heavy atom. The number of halogens is 2. The maximum absolute atomic E-state index is 13.8. The number of alkyl halides is 2. The summed E-state index contributed by atoms with van der Waals surface area (Å²) in [6, 6.07) is 10.5. The molecule has 0 atom stereocenters. The average Bonchev–Trinajstić information content (AvgIpc) is 3.19. The van der Waals surface area contributed by atoms with Crippen LogP contribution in [0.2, 0.25) is 0 Å².